The van der Waals surface area contributed by atoms with E-state index in [9.17, 15) is 5.11 Å². The average molecular weight is 415 g/mol. The third-order valence-corrected chi connectivity index (χ3v) is 5.25. The van der Waals surface area contributed by atoms with Gasteiger partial charge in [-0.05, 0) is 31.0 Å². The number of methoxy groups -OCH3 is 1. The minimum Gasteiger partial charge on any atom is -0.493 e. The van der Waals surface area contributed by atoms with Crippen molar-refractivity contribution < 1.29 is 19.3 Å². The Morgan fingerprint density at radius 3 is 2.67 bits per heavy atom. The molecule has 0 spiro atoms. The first-order valence-corrected chi connectivity index (χ1v) is 10.8. The van der Waals surface area contributed by atoms with Gasteiger partial charge in [-0.2, -0.15) is 0 Å². The average Bonchev–Trinajstić information content (AvgIpc) is 2.79. The smallest absolute Gasteiger partial charge is 0.165 e. The molecule has 0 radical (unpaired) electrons. The van der Waals surface area contributed by atoms with Gasteiger partial charge in [0.15, 0.2) is 11.5 Å². The summed E-state index contributed by atoms with van der Waals surface area (Å²) in [4.78, 5) is 2.20. The molecule has 1 atom stereocenters. The van der Waals surface area contributed by atoms with Gasteiger partial charge >= 0.3 is 0 Å². The molecule has 0 aromatic heterocycles. The van der Waals surface area contributed by atoms with Crippen LogP contribution >= 0.6 is 0 Å². The standard InChI is InChI=1S/C24H34N2O4/c1-28-23-11-5-10-21(17-25-12-6-9-20-7-3-2-4-8-20)24(23)30-19-22(27)18-26-13-15-29-16-14-26/h2-5,7-8,10-11,22,25,27H,6,9,12-19H2,1H3/t22-/m0/s1. The van der Waals surface area contributed by atoms with Crippen molar-refractivity contribution in [2.24, 2.45) is 0 Å². The molecule has 2 aromatic rings. The van der Waals surface area contributed by atoms with E-state index in [0.717, 1.165) is 51.3 Å². The lowest BCUT2D eigenvalue weighted by atomic mass is 10.1. The van der Waals surface area contributed by atoms with Gasteiger partial charge in [0, 0.05) is 31.7 Å². The second-order valence-electron chi connectivity index (χ2n) is 7.59. The van der Waals surface area contributed by atoms with Crippen LogP contribution in [0.4, 0.5) is 0 Å². The molecule has 0 amide bonds. The molecule has 6 nitrogen and oxygen atoms in total. The number of aliphatic hydroxyl groups is 1. The molecule has 0 saturated carbocycles. The van der Waals surface area contributed by atoms with Crippen LogP contribution in [0.1, 0.15) is 17.5 Å². The third-order valence-electron chi connectivity index (χ3n) is 5.25. The Bertz CT molecular complexity index is 735. The van der Waals surface area contributed by atoms with Crippen LogP contribution in [0.15, 0.2) is 48.5 Å². The van der Waals surface area contributed by atoms with E-state index in [0.29, 0.717) is 24.6 Å². The molecule has 0 aliphatic carbocycles. The number of aryl methyl sites for hydroxylation is 1. The number of hydrogen-bond acceptors (Lipinski definition) is 6. The summed E-state index contributed by atoms with van der Waals surface area (Å²) in [6.45, 7) is 5.59. The van der Waals surface area contributed by atoms with Crippen molar-refractivity contribution in [2.75, 3.05) is 53.1 Å². The van der Waals surface area contributed by atoms with Crippen LogP contribution in [0, 0.1) is 0 Å². The zero-order valence-corrected chi connectivity index (χ0v) is 17.9. The highest BCUT2D eigenvalue weighted by Gasteiger charge is 2.17. The molecule has 30 heavy (non-hydrogen) atoms. The first-order chi connectivity index (χ1) is 14.8. The first kappa shape index (κ1) is 22.6. The fourth-order valence-electron chi connectivity index (χ4n) is 3.62. The molecule has 3 rings (SSSR count). The van der Waals surface area contributed by atoms with Crippen molar-refractivity contribution in [2.45, 2.75) is 25.5 Å². The predicted octanol–water partition coefficient (Wildman–Crippen LogP) is 2.49. The third kappa shape index (κ3) is 7.29. The monoisotopic (exact) mass is 414 g/mol. The Hall–Kier alpha value is -2.12. The molecular weight excluding hydrogens is 380 g/mol. The summed E-state index contributed by atoms with van der Waals surface area (Å²) in [7, 11) is 1.64. The second kappa shape index (κ2) is 12.5. The fourth-order valence-corrected chi connectivity index (χ4v) is 3.62. The number of benzene rings is 2. The van der Waals surface area contributed by atoms with Gasteiger partial charge in [-0.25, -0.2) is 0 Å². The summed E-state index contributed by atoms with van der Waals surface area (Å²) < 4.78 is 16.9. The maximum atomic E-state index is 10.4. The van der Waals surface area contributed by atoms with E-state index in [1.807, 2.05) is 24.3 Å². The van der Waals surface area contributed by atoms with Crippen LogP contribution in [0.5, 0.6) is 11.5 Å². The number of ether oxygens (including phenoxy) is 3. The highest BCUT2D eigenvalue weighted by atomic mass is 16.5. The Morgan fingerprint density at radius 2 is 1.90 bits per heavy atom. The number of hydrogen-bond donors (Lipinski definition) is 2. The number of nitrogens with zero attached hydrogens (tertiary/aromatic N) is 1. The van der Waals surface area contributed by atoms with Gasteiger partial charge in [0.1, 0.15) is 12.7 Å². The number of aliphatic hydroxyl groups excluding tert-OH is 1. The van der Waals surface area contributed by atoms with E-state index < -0.39 is 6.10 Å². The lowest BCUT2D eigenvalue weighted by Crippen LogP contribution is -2.42. The molecule has 1 saturated heterocycles. The van der Waals surface area contributed by atoms with E-state index in [1.165, 1.54) is 5.56 Å². The van der Waals surface area contributed by atoms with Crippen molar-refractivity contribution in [3.05, 3.63) is 59.7 Å². The zero-order valence-electron chi connectivity index (χ0n) is 17.9. The van der Waals surface area contributed by atoms with E-state index in [-0.39, 0.29) is 6.61 Å². The molecule has 1 aliphatic rings. The van der Waals surface area contributed by atoms with Crippen LogP contribution in [0.3, 0.4) is 0 Å². The summed E-state index contributed by atoms with van der Waals surface area (Å²) in [5, 5.41) is 13.9. The van der Waals surface area contributed by atoms with Crippen molar-refractivity contribution in [3.63, 3.8) is 0 Å². The van der Waals surface area contributed by atoms with Crippen LogP contribution in [-0.2, 0) is 17.7 Å². The summed E-state index contributed by atoms with van der Waals surface area (Å²) in [6.07, 6.45) is 1.57. The summed E-state index contributed by atoms with van der Waals surface area (Å²) in [6, 6.07) is 16.4. The molecule has 1 heterocycles. The molecule has 0 bridgehead atoms. The number of rotatable bonds is 12. The highest BCUT2D eigenvalue weighted by Crippen LogP contribution is 2.31. The molecule has 1 fully saturated rings. The Morgan fingerprint density at radius 1 is 1.10 bits per heavy atom. The molecule has 2 aromatic carbocycles. The summed E-state index contributed by atoms with van der Waals surface area (Å²) in [5.74, 6) is 1.40. The Balaban J connectivity index is 1.47. The SMILES string of the molecule is COc1cccc(CNCCCc2ccccc2)c1OC[C@@H](O)CN1CCOCC1. The van der Waals surface area contributed by atoms with Crippen LogP contribution < -0.4 is 14.8 Å². The van der Waals surface area contributed by atoms with Crippen LogP contribution in [0.25, 0.3) is 0 Å². The number of nitrogens with one attached hydrogen (secondary N) is 1. The normalized spacial score (nSPS) is 15.7. The largest absolute Gasteiger partial charge is 0.493 e. The molecule has 1 aliphatic heterocycles. The number of para-hydroxylation sites is 1. The molecule has 164 valence electrons. The zero-order chi connectivity index (χ0) is 21.0. The highest BCUT2D eigenvalue weighted by molar-refractivity contribution is 5.46. The van der Waals surface area contributed by atoms with E-state index in [4.69, 9.17) is 14.2 Å². The van der Waals surface area contributed by atoms with Crippen LogP contribution in [-0.4, -0.2) is 69.2 Å². The topological polar surface area (TPSA) is 63.2 Å². The molecule has 0 unspecified atom stereocenters. The van der Waals surface area contributed by atoms with Gasteiger partial charge < -0.3 is 24.6 Å². The molecule has 6 heteroatoms. The maximum Gasteiger partial charge on any atom is 0.165 e. The van der Waals surface area contributed by atoms with Gasteiger partial charge in [-0.15, -0.1) is 0 Å². The molecular formula is C24H34N2O4. The Kier molecular flexibility index (Phi) is 9.44. The quantitative estimate of drug-likeness (QED) is 0.521. The summed E-state index contributed by atoms with van der Waals surface area (Å²) in [5.41, 5.74) is 2.39. The lowest BCUT2D eigenvalue weighted by Gasteiger charge is -2.28. The van der Waals surface area contributed by atoms with Crippen LogP contribution in [0.2, 0.25) is 0 Å². The van der Waals surface area contributed by atoms with E-state index in [2.05, 4.69) is 34.5 Å². The van der Waals surface area contributed by atoms with Gasteiger partial charge in [-0.1, -0.05) is 42.5 Å². The van der Waals surface area contributed by atoms with Crippen molar-refractivity contribution in [3.8, 4) is 11.5 Å². The fraction of sp³-hybridized carbons (Fsp3) is 0.500. The van der Waals surface area contributed by atoms with Gasteiger partial charge in [0.05, 0.1) is 20.3 Å². The van der Waals surface area contributed by atoms with E-state index in [1.54, 1.807) is 7.11 Å². The number of morpholine rings is 1. The van der Waals surface area contributed by atoms with E-state index >= 15 is 0 Å². The molecule has 2 N–H and O–H groups in total. The lowest BCUT2D eigenvalue weighted by molar-refractivity contribution is 0.00436. The summed E-state index contributed by atoms with van der Waals surface area (Å²) >= 11 is 0. The van der Waals surface area contributed by atoms with Crippen molar-refractivity contribution in [1.82, 2.24) is 10.2 Å². The minimum absolute atomic E-state index is 0.235. The second-order valence-corrected chi connectivity index (χ2v) is 7.59. The van der Waals surface area contributed by atoms with Gasteiger partial charge in [0.2, 0.25) is 0 Å². The minimum atomic E-state index is -0.556. The maximum absolute atomic E-state index is 10.4. The Labute approximate surface area is 179 Å². The van der Waals surface area contributed by atoms with Crippen molar-refractivity contribution >= 4 is 0 Å². The predicted molar refractivity (Wildman–Crippen MR) is 118 cm³/mol. The van der Waals surface area contributed by atoms with Crippen molar-refractivity contribution in [1.29, 1.82) is 0 Å². The van der Waals surface area contributed by atoms with Gasteiger partial charge in [-0.3, -0.25) is 4.90 Å². The number of β-amino-alcohol motifs (C(OH)–C–C–N with tert-alkyl or cyclic N) is 1. The van der Waals surface area contributed by atoms with Gasteiger partial charge in [0.25, 0.3) is 0 Å². The first-order valence-electron chi connectivity index (χ1n) is 10.8.